The maximum absolute atomic E-state index is 12.4. The van der Waals surface area contributed by atoms with Crippen LogP contribution in [-0.4, -0.2) is 52.7 Å². The third-order valence-corrected chi connectivity index (χ3v) is 6.53. The second kappa shape index (κ2) is 10.4. The first kappa shape index (κ1) is 24.0. The zero-order valence-electron chi connectivity index (χ0n) is 20.6. The Labute approximate surface area is 202 Å². The highest BCUT2D eigenvalue weighted by Gasteiger charge is 2.26. The number of amides is 1. The summed E-state index contributed by atoms with van der Waals surface area (Å²) in [6.45, 7) is 8.03. The summed E-state index contributed by atoms with van der Waals surface area (Å²) in [5.74, 6) is 1.48. The zero-order valence-corrected chi connectivity index (χ0v) is 20.6. The zero-order chi connectivity index (χ0) is 24.1. The van der Waals surface area contributed by atoms with Crippen LogP contribution >= 0.6 is 0 Å². The summed E-state index contributed by atoms with van der Waals surface area (Å²) in [5, 5.41) is 9.65. The fraction of sp³-hybridized carbons (Fsp3) is 0.556. The molecule has 1 amide bonds. The summed E-state index contributed by atoms with van der Waals surface area (Å²) < 4.78 is 5.50. The second-order valence-electron chi connectivity index (χ2n) is 10.4. The van der Waals surface area contributed by atoms with E-state index in [0.717, 1.165) is 29.2 Å². The minimum atomic E-state index is -0.508. The quantitative estimate of drug-likeness (QED) is 0.623. The molecule has 1 aliphatic carbocycles. The van der Waals surface area contributed by atoms with Crippen LogP contribution in [0.3, 0.4) is 0 Å². The van der Waals surface area contributed by atoms with Gasteiger partial charge in [-0.05, 0) is 57.4 Å². The molecule has 4 rings (SSSR count). The standard InChI is InChI=1S/C27H35N5O2/c1-27(2,3)34-26(33)32-13-11-31(12-14-32)25-17-21(19-28)16-24(30-25)22-9-10-29-23(18-22)15-20-7-5-4-6-8-20/h9-10,16-18,20H,4-8,11-15H2,1-3H3. The number of hydrogen-bond donors (Lipinski definition) is 0. The van der Waals surface area contributed by atoms with Crippen LogP contribution in [0.1, 0.15) is 64.1 Å². The van der Waals surface area contributed by atoms with Gasteiger partial charge in [0.05, 0.1) is 17.3 Å². The molecule has 2 aromatic rings. The van der Waals surface area contributed by atoms with Crippen molar-refractivity contribution >= 4 is 11.9 Å². The van der Waals surface area contributed by atoms with E-state index in [2.05, 4.69) is 22.0 Å². The molecule has 2 aromatic heterocycles. The number of carbonyl (C=O) groups excluding carboxylic acids is 1. The van der Waals surface area contributed by atoms with Crippen molar-refractivity contribution in [3.63, 3.8) is 0 Å². The van der Waals surface area contributed by atoms with Crippen LogP contribution in [0.5, 0.6) is 0 Å². The molecule has 0 atom stereocenters. The molecule has 0 aromatic carbocycles. The van der Waals surface area contributed by atoms with Crippen molar-refractivity contribution in [3.05, 3.63) is 41.7 Å². The lowest BCUT2D eigenvalue weighted by Gasteiger charge is -2.36. The maximum atomic E-state index is 12.4. The molecule has 7 nitrogen and oxygen atoms in total. The van der Waals surface area contributed by atoms with Gasteiger partial charge in [0.2, 0.25) is 0 Å². The molecule has 1 aliphatic heterocycles. The normalized spacial score (nSPS) is 17.4. The number of nitrogens with zero attached hydrogens (tertiary/aromatic N) is 5. The Balaban J connectivity index is 1.48. The Morgan fingerprint density at radius 2 is 1.85 bits per heavy atom. The number of nitriles is 1. The van der Waals surface area contributed by atoms with Crippen molar-refractivity contribution in [1.82, 2.24) is 14.9 Å². The van der Waals surface area contributed by atoms with Gasteiger partial charge in [-0.25, -0.2) is 9.78 Å². The van der Waals surface area contributed by atoms with Gasteiger partial charge in [0.15, 0.2) is 0 Å². The van der Waals surface area contributed by atoms with Crippen molar-refractivity contribution in [2.75, 3.05) is 31.1 Å². The average molecular weight is 462 g/mol. The molecule has 0 N–H and O–H groups in total. The average Bonchev–Trinajstić information content (AvgIpc) is 2.83. The summed E-state index contributed by atoms with van der Waals surface area (Å²) in [4.78, 5) is 25.8. The molecule has 1 saturated heterocycles. The third-order valence-electron chi connectivity index (χ3n) is 6.53. The van der Waals surface area contributed by atoms with E-state index in [1.54, 1.807) is 4.90 Å². The Morgan fingerprint density at radius 3 is 2.53 bits per heavy atom. The molecule has 2 fully saturated rings. The first-order chi connectivity index (χ1) is 16.3. The van der Waals surface area contributed by atoms with Gasteiger partial charge in [-0.15, -0.1) is 0 Å². The summed E-state index contributed by atoms with van der Waals surface area (Å²) in [6.07, 6.45) is 9.14. The van der Waals surface area contributed by atoms with Crippen molar-refractivity contribution < 1.29 is 9.53 Å². The number of carbonyl (C=O) groups is 1. The van der Waals surface area contributed by atoms with Crippen LogP contribution in [0.25, 0.3) is 11.3 Å². The predicted molar refractivity (Wildman–Crippen MR) is 132 cm³/mol. The Hall–Kier alpha value is -3.14. The van der Waals surface area contributed by atoms with E-state index in [0.29, 0.717) is 37.7 Å². The molecule has 0 spiro atoms. The molecule has 0 unspecified atom stereocenters. The highest BCUT2D eigenvalue weighted by atomic mass is 16.6. The first-order valence-electron chi connectivity index (χ1n) is 12.4. The van der Waals surface area contributed by atoms with Crippen LogP contribution in [0.4, 0.5) is 10.6 Å². The van der Waals surface area contributed by atoms with E-state index < -0.39 is 5.60 Å². The van der Waals surface area contributed by atoms with Crippen LogP contribution in [0, 0.1) is 17.2 Å². The summed E-state index contributed by atoms with van der Waals surface area (Å²) in [6, 6.07) is 10.1. The lowest BCUT2D eigenvalue weighted by molar-refractivity contribution is 0.0240. The summed E-state index contributed by atoms with van der Waals surface area (Å²) in [5.41, 5.74) is 2.95. The highest BCUT2D eigenvalue weighted by molar-refractivity contribution is 5.69. The fourth-order valence-electron chi connectivity index (χ4n) is 4.77. The maximum Gasteiger partial charge on any atom is 0.410 e. The molecule has 180 valence electrons. The molecule has 0 radical (unpaired) electrons. The van der Waals surface area contributed by atoms with E-state index >= 15 is 0 Å². The molecule has 0 bridgehead atoms. The van der Waals surface area contributed by atoms with Crippen molar-refractivity contribution in [2.24, 2.45) is 5.92 Å². The highest BCUT2D eigenvalue weighted by Crippen LogP contribution is 2.28. The minimum absolute atomic E-state index is 0.283. The van der Waals surface area contributed by atoms with E-state index in [9.17, 15) is 10.1 Å². The minimum Gasteiger partial charge on any atom is -0.444 e. The van der Waals surface area contributed by atoms with Gasteiger partial charge < -0.3 is 14.5 Å². The number of aromatic nitrogens is 2. The molecule has 1 saturated carbocycles. The van der Waals surface area contributed by atoms with Crippen LogP contribution < -0.4 is 4.90 Å². The number of anilines is 1. The predicted octanol–water partition coefficient (Wildman–Crippen LogP) is 5.20. The van der Waals surface area contributed by atoms with Crippen molar-refractivity contribution in [3.8, 4) is 17.3 Å². The van der Waals surface area contributed by atoms with Gasteiger partial charge in [0, 0.05) is 43.6 Å². The van der Waals surface area contributed by atoms with Crippen LogP contribution in [-0.2, 0) is 11.2 Å². The molecule has 3 heterocycles. The van der Waals surface area contributed by atoms with E-state index in [-0.39, 0.29) is 6.09 Å². The molecular formula is C27H35N5O2. The monoisotopic (exact) mass is 461 g/mol. The number of hydrogen-bond acceptors (Lipinski definition) is 6. The molecule has 2 aliphatic rings. The van der Waals surface area contributed by atoms with E-state index in [1.165, 1.54) is 32.1 Å². The largest absolute Gasteiger partial charge is 0.444 e. The van der Waals surface area contributed by atoms with Gasteiger partial charge in [0.25, 0.3) is 0 Å². The van der Waals surface area contributed by atoms with E-state index in [4.69, 9.17) is 9.72 Å². The summed E-state index contributed by atoms with van der Waals surface area (Å²) in [7, 11) is 0. The molecule has 34 heavy (non-hydrogen) atoms. The Kier molecular flexibility index (Phi) is 7.35. The smallest absolute Gasteiger partial charge is 0.410 e. The van der Waals surface area contributed by atoms with E-state index in [1.807, 2.05) is 45.2 Å². The number of ether oxygens (including phenoxy) is 1. The topological polar surface area (TPSA) is 82.4 Å². The van der Waals surface area contributed by atoms with Gasteiger partial charge in [-0.1, -0.05) is 32.1 Å². The second-order valence-corrected chi connectivity index (χ2v) is 10.4. The lowest BCUT2D eigenvalue weighted by Crippen LogP contribution is -2.50. The number of rotatable bonds is 4. The Morgan fingerprint density at radius 1 is 1.12 bits per heavy atom. The van der Waals surface area contributed by atoms with Gasteiger partial charge in [-0.3, -0.25) is 4.98 Å². The van der Waals surface area contributed by atoms with Gasteiger partial charge >= 0.3 is 6.09 Å². The number of pyridine rings is 2. The SMILES string of the molecule is CC(C)(C)OC(=O)N1CCN(c2cc(C#N)cc(-c3ccnc(CC4CCCCC4)c3)n2)CC1. The fourth-order valence-corrected chi connectivity index (χ4v) is 4.77. The van der Waals surface area contributed by atoms with Gasteiger partial charge in [0.1, 0.15) is 11.4 Å². The van der Waals surface area contributed by atoms with Crippen LogP contribution in [0.2, 0.25) is 0 Å². The van der Waals surface area contributed by atoms with Crippen molar-refractivity contribution in [1.29, 1.82) is 5.26 Å². The molecule has 7 heteroatoms. The van der Waals surface area contributed by atoms with Crippen LogP contribution in [0.15, 0.2) is 30.5 Å². The third kappa shape index (κ3) is 6.25. The lowest BCUT2D eigenvalue weighted by atomic mass is 9.86. The molecular weight excluding hydrogens is 426 g/mol. The number of piperazine rings is 1. The van der Waals surface area contributed by atoms with Crippen molar-refractivity contribution in [2.45, 2.75) is 64.9 Å². The Bertz CT molecular complexity index is 1040. The summed E-state index contributed by atoms with van der Waals surface area (Å²) >= 11 is 0. The first-order valence-corrected chi connectivity index (χ1v) is 12.4. The van der Waals surface area contributed by atoms with Gasteiger partial charge in [-0.2, -0.15) is 5.26 Å².